The number of nitrogens with zero attached hydrogens (tertiary/aromatic N) is 1. The van der Waals surface area contributed by atoms with E-state index in [1.165, 1.54) is 11.3 Å². The van der Waals surface area contributed by atoms with Gasteiger partial charge in [0.25, 0.3) is 5.91 Å². The number of hydrogen-bond acceptors (Lipinski definition) is 5. The molecule has 0 fully saturated rings. The van der Waals surface area contributed by atoms with Crippen LogP contribution in [0.1, 0.15) is 22.2 Å². The van der Waals surface area contributed by atoms with Crippen LogP contribution >= 0.6 is 23.1 Å². The Kier molecular flexibility index (Phi) is 5.97. The fourth-order valence-corrected chi connectivity index (χ4v) is 2.91. The van der Waals surface area contributed by atoms with Crippen LogP contribution in [0, 0.1) is 0 Å². The molecular weight excluding hydrogens is 318 g/mol. The molecule has 0 aromatic carbocycles. The van der Waals surface area contributed by atoms with E-state index in [2.05, 4.69) is 15.6 Å². The second kappa shape index (κ2) is 7.95. The van der Waals surface area contributed by atoms with E-state index < -0.39 is 6.04 Å². The van der Waals surface area contributed by atoms with E-state index >= 15 is 0 Å². The molecule has 2 aromatic heterocycles. The lowest BCUT2D eigenvalue weighted by Gasteiger charge is -2.13. The van der Waals surface area contributed by atoms with Gasteiger partial charge in [0.2, 0.25) is 5.91 Å². The average Bonchev–Trinajstić information content (AvgIpc) is 3.02. The van der Waals surface area contributed by atoms with Gasteiger partial charge in [-0.2, -0.15) is 11.8 Å². The number of carbonyl (C=O) groups is 2. The van der Waals surface area contributed by atoms with Gasteiger partial charge < -0.3 is 10.6 Å². The summed E-state index contributed by atoms with van der Waals surface area (Å²) in [5.74, 6) is 0.810. The van der Waals surface area contributed by atoms with Crippen molar-refractivity contribution in [3.05, 3.63) is 46.3 Å². The Morgan fingerprint density at radius 3 is 2.91 bits per heavy atom. The smallest absolute Gasteiger partial charge is 0.261 e. The Bertz CT molecular complexity index is 644. The van der Waals surface area contributed by atoms with E-state index in [-0.39, 0.29) is 11.8 Å². The highest BCUT2D eigenvalue weighted by atomic mass is 32.2. The lowest BCUT2D eigenvalue weighted by molar-refractivity contribution is -0.117. The molecule has 2 aromatic rings. The van der Waals surface area contributed by atoms with E-state index in [9.17, 15) is 9.59 Å². The average molecular weight is 335 g/mol. The molecule has 0 aliphatic carbocycles. The van der Waals surface area contributed by atoms with Crippen LogP contribution in [0.2, 0.25) is 0 Å². The summed E-state index contributed by atoms with van der Waals surface area (Å²) in [6.45, 7) is 1.65. The van der Waals surface area contributed by atoms with E-state index in [0.717, 1.165) is 11.3 Å². The Hall–Kier alpha value is -1.86. The van der Waals surface area contributed by atoms with Gasteiger partial charge in [-0.05, 0) is 42.3 Å². The number of carbonyl (C=O) groups excluding carboxylic acids is 2. The minimum absolute atomic E-state index is 0.248. The third-order valence-electron chi connectivity index (χ3n) is 2.87. The minimum Gasteiger partial charge on any atom is -0.340 e. The molecule has 1 atom stereocenters. The predicted octanol–water partition coefficient (Wildman–Crippen LogP) is 2.76. The molecule has 0 saturated heterocycles. The molecule has 116 valence electrons. The molecule has 2 N–H and O–H groups in total. The van der Waals surface area contributed by atoms with Gasteiger partial charge in [0.05, 0.1) is 4.88 Å². The fourth-order valence-electron chi connectivity index (χ4n) is 1.77. The van der Waals surface area contributed by atoms with Crippen LogP contribution in [0.5, 0.6) is 0 Å². The normalized spacial score (nSPS) is 11.7. The van der Waals surface area contributed by atoms with Crippen molar-refractivity contribution in [2.24, 2.45) is 0 Å². The van der Waals surface area contributed by atoms with Crippen LogP contribution in [0.3, 0.4) is 0 Å². The quantitative estimate of drug-likeness (QED) is 0.851. The fraction of sp³-hybridized carbons (Fsp3) is 0.267. The number of thiophene rings is 1. The highest BCUT2D eigenvalue weighted by molar-refractivity contribution is 7.97. The first-order valence-corrected chi connectivity index (χ1v) is 8.96. The molecule has 7 heteroatoms. The number of rotatable bonds is 6. The molecule has 2 amide bonds. The Morgan fingerprint density at radius 2 is 2.23 bits per heavy atom. The first-order chi connectivity index (χ1) is 10.6. The molecule has 2 heterocycles. The number of thioether (sulfide) groups is 1. The van der Waals surface area contributed by atoms with Crippen LogP contribution in [-0.4, -0.2) is 29.1 Å². The molecule has 0 unspecified atom stereocenters. The molecule has 0 saturated carbocycles. The van der Waals surface area contributed by atoms with Crippen molar-refractivity contribution in [3.8, 4) is 0 Å². The van der Waals surface area contributed by atoms with Gasteiger partial charge in [0.15, 0.2) is 0 Å². The van der Waals surface area contributed by atoms with E-state index in [0.29, 0.717) is 10.7 Å². The van der Waals surface area contributed by atoms with Gasteiger partial charge in [0.1, 0.15) is 11.9 Å². The summed E-state index contributed by atoms with van der Waals surface area (Å²) in [4.78, 5) is 28.7. The van der Waals surface area contributed by atoms with Crippen molar-refractivity contribution in [2.45, 2.75) is 18.7 Å². The zero-order chi connectivity index (χ0) is 15.9. The third-order valence-corrected chi connectivity index (χ3v) is 4.36. The van der Waals surface area contributed by atoms with Gasteiger partial charge >= 0.3 is 0 Å². The van der Waals surface area contributed by atoms with Crippen LogP contribution in [0.4, 0.5) is 5.82 Å². The zero-order valence-electron chi connectivity index (χ0n) is 12.3. The van der Waals surface area contributed by atoms with Gasteiger partial charge in [-0.15, -0.1) is 11.3 Å². The van der Waals surface area contributed by atoms with Crippen molar-refractivity contribution >= 4 is 40.7 Å². The second-order valence-corrected chi connectivity index (χ2v) is 6.46. The summed E-state index contributed by atoms with van der Waals surface area (Å²) < 4.78 is 0. The number of nitrogens with one attached hydrogen (secondary N) is 2. The van der Waals surface area contributed by atoms with Crippen molar-refractivity contribution in [1.29, 1.82) is 0 Å². The summed E-state index contributed by atoms with van der Waals surface area (Å²) in [5.41, 5.74) is 1.09. The van der Waals surface area contributed by atoms with Gasteiger partial charge in [0, 0.05) is 11.9 Å². The van der Waals surface area contributed by atoms with Crippen molar-refractivity contribution < 1.29 is 9.59 Å². The summed E-state index contributed by atoms with van der Waals surface area (Å²) in [5, 5.41) is 7.21. The number of amides is 2. The van der Waals surface area contributed by atoms with E-state index in [1.54, 1.807) is 37.0 Å². The van der Waals surface area contributed by atoms with E-state index in [4.69, 9.17) is 0 Å². The Labute approximate surface area is 137 Å². The first-order valence-electron chi connectivity index (χ1n) is 6.69. The Balaban J connectivity index is 1.93. The van der Waals surface area contributed by atoms with Gasteiger partial charge in [-0.25, -0.2) is 4.98 Å². The minimum atomic E-state index is -0.638. The molecular formula is C15H17N3O2S2. The maximum atomic E-state index is 12.1. The lowest BCUT2D eigenvalue weighted by Crippen LogP contribution is -2.41. The third kappa shape index (κ3) is 4.57. The van der Waals surface area contributed by atoms with Gasteiger partial charge in [-0.3, -0.25) is 9.59 Å². The molecule has 0 aliphatic rings. The number of aromatic nitrogens is 1. The maximum Gasteiger partial charge on any atom is 0.261 e. The molecule has 5 nitrogen and oxygen atoms in total. The van der Waals surface area contributed by atoms with Crippen LogP contribution < -0.4 is 10.6 Å². The summed E-state index contributed by atoms with van der Waals surface area (Å²) in [7, 11) is 0. The largest absolute Gasteiger partial charge is 0.340 e. The van der Waals surface area contributed by atoms with Crippen LogP contribution in [-0.2, 0) is 10.5 Å². The van der Waals surface area contributed by atoms with Crippen molar-refractivity contribution in [1.82, 2.24) is 10.3 Å². The topological polar surface area (TPSA) is 71.1 Å². The monoisotopic (exact) mass is 335 g/mol. The summed E-state index contributed by atoms with van der Waals surface area (Å²) >= 11 is 3.04. The Morgan fingerprint density at radius 1 is 1.41 bits per heavy atom. The molecule has 0 radical (unpaired) electrons. The maximum absolute atomic E-state index is 12.1. The highest BCUT2D eigenvalue weighted by Gasteiger charge is 2.17. The zero-order valence-corrected chi connectivity index (χ0v) is 14.0. The van der Waals surface area contributed by atoms with Crippen LogP contribution in [0.15, 0.2) is 35.8 Å². The summed E-state index contributed by atoms with van der Waals surface area (Å²) in [6.07, 6.45) is 3.68. The molecule has 22 heavy (non-hydrogen) atoms. The molecule has 0 spiro atoms. The van der Waals surface area contributed by atoms with Crippen molar-refractivity contribution in [2.75, 3.05) is 11.6 Å². The second-order valence-electron chi connectivity index (χ2n) is 4.64. The highest BCUT2D eigenvalue weighted by Crippen LogP contribution is 2.13. The summed E-state index contributed by atoms with van der Waals surface area (Å²) in [6, 6.07) is 6.63. The van der Waals surface area contributed by atoms with Crippen molar-refractivity contribution in [3.63, 3.8) is 0 Å². The first kappa shape index (κ1) is 16.5. The molecule has 0 aliphatic heterocycles. The van der Waals surface area contributed by atoms with Crippen LogP contribution in [0.25, 0.3) is 0 Å². The molecule has 0 bridgehead atoms. The predicted molar refractivity (Wildman–Crippen MR) is 91.3 cm³/mol. The number of pyridine rings is 1. The number of hydrogen-bond donors (Lipinski definition) is 2. The lowest BCUT2D eigenvalue weighted by atomic mass is 10.2. The number of anilines is 1. The SMILES string of the molecule is CSCc1ccnc(NC(=O)[C@@H](C)NC(=O)c2cccs2)c1. The standard InChI is InChI=1S/C15H17N3O2S2/c1-10(17-15(20)12-4-3-7-22-12)14(19)18-13-8-11(9-21-2)5-6-16-13/h3-8,10H,9H2,1-2H3,(H,17,20)(H,16,18,19)/t10-/m1/s1. The molecule has 2 rings (SSSR count). The van der Waals surface area contributed by atoms with Gasteiger partial charge in [-0.1, -0.05) is 6.07 Å². The van der Waals surface area contributed by atoms with E-state index in [1.807, 2.05) is 23.8 Å².